The Balaban J connectivity index is 2.54. The molecule has 1 fully saturated rings. The Bertz CT molecular complexity index is 159. The molecule has 0 saturated carbocycles. The van der Waals surface area contributed by atoms with Gasteiger partial charge in [0.2, 0.25) is 5.91 Å². The minimum absolute atomic E-state index is 0.167. The predicted molar refractivity (Wildman–Crippen MR) is 49.9 cm³/mol. The second-order valence-electron chi connectivity index (χ2n) is 3.83. The van der Waals surface area contributed by atoms with Gasteiger partial charge in [0.05, 0.1) is 0 Å². The summed E-state index contributed by atoms with van der Waals surface area (Å²) in [5.41, 5.74) is 0.167. The lowest BCUT2D eigenvalue weighted by Crippen LogP contribution is -2.41. The fraction of sp³-hybridized carbons (Fsp3) is 0.900. The maximum Gasteiger partial charge on any atom is 0.220 e. The highest BCUT2D eigenvalue weighted by Gasteiger charge is 2.35. The molecule has 1 N–H and O–H groups in total. The van der Waals surface area contributed by atoms with Crippen molar-refractivity contribution in [3.8, 4) is 0 Å². The van der Waals surface area contributed by atoms with Gasteiger partial charge in [-0.3, -0.25) is 4.79 Å². The molecule has 0 bridgehead atoms. The van der Waals surface area contributed by atoms with Crippen molar-refractivity contribution >= 4 is 5.91 Å². The topological polar surface area (TPSA) is 29.1 Å². The van der Waals surface area contributed by atoms with Crippen LogP contribution in [-0.4, -0.2) is 11.4 Å². The van der Waals surface area contributed by atoms with Crippen LogP contribution in [0.1, 0.15) is 52.4 Å². The molecule has 1 aliphatic heterocycles. The second kappa shape index (κ2) is 3.92. The molecule has 0 spiro atoms. The van der Waals surface area contributed by atoms with Gasteiger partial charge in [-0.1, -0.05) is 26.7 Å². The molecule has 0 atom stereocenters. The average molecular weight is 169 g/mol. The third kappa shape index (κ3) is 1.99. The molecule has 70 valence electrons. The van der Waals surface area contributed by atoms with Crippen molar-refractivity contribution < 1.29 is 4.79 Å². The first kappa shape index (κ1) is 9.56. The molecule has 2 heteroatoms. The van der Waals surface area contributed by atoms with E-state index in [0.717, 1.165) is 25.7 Å². The number of hydrogen-bond acceptors (Lipinski definition) is 1. The van der Waals surface area contributed by atoms with Crippen molar-refractivity contribution in [2.75, 3.05) is 0 Å². The number of hydrogen-bond donors (Lipinski definition) is 1. The van der Waals surface area contributed by atoms with Crippen LogP contribution in [0, 0.1) is 0 Å². The van der Waals surface area contributed by atoms with Crippen LogP contribution in [0.25, 0.3) is 0 Å². The summed E-state index contributed by atoms with van der Waals surface area (Å²) in [7, 11) is 0. The van der Waals surface area contributed by atoms with E-state index < -0.39 is 0 Å². The Morgan fingerprint density at radius 2 is 1.92 bits per heavy atom. The summed E-state index contributed by atoms with van der Waals surface area (Å²) in [4.78, 5) is 11.1. The number of nitrogens with one attached hydrogen (secondary N) is 1. The van der Waals surface area contributed by atoms with Gasteiger partial charge in [0, 0.05) is 12.0 Å². The van der Waals surface area contributed by atoms with Crippen LogP contribution in [-0.2, 0) is 4.79 Å². The molecule has 1 aliphatic rings. The minimum atomic E-state index is 0.167. The van der Waals surface area contributed by atoms with Gasteiger partial charge in [-0.05, 0) is 19.3 Å². The molecule has 1 saturated heterocycles. The standard InChI is InChI=1S/C10H19NO/c1-3-6-10(7-4-2)8-5-9(12)11-10/h3-8H2,1-2H3,(H,11,12). The van der Waals surface area contributed by atoms with E-state index in [-0.39, 0.29) is 11.4 Å². The molecule has 0 unspecified atom stereocenters. The van der Waals surface area contributed by atoms with Crippen LogP contribution in [0.5, 0.6) is 0 Å². The van der Waals surface area contributed by atoms with Gasteiger partial charge in [0.25, 0.3) is 0 Å². The second-order valence-corrected chi connectivity index (χ2v) is 3.83. The number of amides is 1. The van der Waals surface area contributed by atoms with E-state index in [1.807, 2.05) is 0 Å². The van der Waals surface area contributed by atoms with Gasteiger partial charge in [-0.15, -0.1) is 0 Å². The van der Waals surface area contributed by atoms with Crippen LogP contribution >= 0.6 is 0 Å². The van der Waals surface area contributed by atoms with Crippen molar-refractivity contribution in [1.29, 1.82) is 0 Å². The first-order valence-corrected chi connectivity index (χ1v) is 5.03. The molecular formula is C10H19NO. The summed E-state index contributed by atoms with van der Waals surface area (Å²) in [6.07, 6.45) is 6.41. The molecule has 0 aliphatic carbocycles. The zero-order chi connectivity index (χ0) is 9.03. The van der Waals surface area contributed by atoms with Crippen LogP contribution in [0.3, 0.4) is 0 Å². The van der Waals surface area contributed by atoms with Gasteiger partial charge in [0.15, 0.2) is 0 Å². The monoisotopic (exact) mass is 169 g/mol. The van der Waals surface area contributed by atoms with E-state index in [9.17, 15) is 4.79 Å². The summed E-state index contributed by atoms with van der Waals surface area (Å²) < 4.78 is 0. The molecule has 0 aromatic heterocycles. The summed E-state index contributed by atoms with van der Waals surface area (Å²) in [5, 5.41) is 3.13. The largest absolute Gasteiger partial charge is 0.351 e. The van der Waals surface area contributed by atoms with E-state index >= 15 is 0 Å². The lowest BCUT2D eigenvalue weighted by molar-refractivity contribution is -0.119. The van der Waals surface area contributed by atoms with Crippen LogP contribution in [0.15, 0.2) is 0 Å². The normalized spacial score (nSPS) is 21.0. The Morgan fingerprint density at radius 1 is 1.33 bits per heavy atom. The Kier molecular flexibility index (Phi) is 3.12. The van der Waals surface area contributed by atoms with Gasteiger partial charge in [-0.2, -0.15) is 0 Å². The van der Waals surface area contributed by atoms with Gasteiger partial charge in [-0.25, -0.2) is 0 Å². The number of carbonyl (C=O) groups excluding carboxylic acids is 1. The highest BCUT2D eigenvalue weighted by molar-refractivity contribution is 5.79. The molecule has 12 heavy (non-hydrogen) atoms. The van der Waals surface area contributed by atoms with E-state index in [2.05, 4.69) is 19.2 Å². The van der Waals surface area contributed by atoms with Crippen molar-refractivity contribution in [3.63, 3.8) is 0 Å². The third-order valence-corrected chi connectivity index (χ3v) is 2.69. The smallest absolute Gasteiger partial charge is 0.220 e. The highest BCUT2D eigenvalue weighted by Crippen LogP contribution is 2.29. The van der Waals surface area contributed by atoms with Crippen molar-refractivity contribution in [2.24, 2.45) is 0 Å². The number of rotatable bonds is 4. The molecular weight excluding hydrogens is 150 g/mol. The Hall–Kier alpha value is -0.530. The van der Waals surface area contributed by atoms with Crippen LogP contribution in [0.4, 0.5) is 0 Å². The van der Waals surface area contributed by atoms with E-state index in [4.69, 9.17) is 0 Å². The van der Waals surface area contributed by atoms with E-state index in [0.29, 0.717) is 0 Å². The zero-order valence-corrected chi connectivity index (χ0v) is 8.15. The first-order chi connectivity index (χ1) is 5.72. The van der Waals surface area contributed by atoms with Gasteiger partial charge < -0.3 is 5.32 Å². The molecule has 2 nitrogen and oxygen atoms in total. The first-order valence-electron chi connectivity index (χ1n) is 5.03. The van der Waals surface area contributed by atoms with E-state index in [1.165, 1.54) is 12.8 Å². The maximum atomic E-state index is 11.1. The third-order valence-electron chi connectivity index (χ3n) is 2.69. The average Bonchev–Trinajstić information content (AvgIpc) is 2.34. The maximum absolute atomic E-state index is 11.1. The van der Waals surface area contributed by atoms with Crippen molar-refractivity contribution in [3.05, 3.63) is 0 Å². The fourth-order valence-electron chi connectivity index (χ4n) is 2.23. The van der Waals surface area contributed by atoms with E-state index in [1.54, 1.807) is 0 Å². The van der Waals surface area contributed by atoms with Gasteiger partial charge in [0.1, 0.15) is 0 Å². The SMILES string of the molecule is CCCC1(CCC)CCC(=O)N1. The zero-order valence-electron chi connectivity index (χ0n) is 8.15. The van der Waals surface area contributed by atoms with Crippen molar-refractivity contribution in [1.82, 2.24) is 5.32 Å². The molecule has 0 aromatic rings. The molecule has 1 amide bonds. The molecule has 1 heterocycles. The summed E-state index contributed by atoms with van der Waals surface area (Å²) in [6, 6.07) is 0. The number of carbonyl (C=O) groups is 1. The fourth-order valence-corrected chi connectivity index (χ4v) is 2.23. The highest BCUT2D eigenvalue weighted by atomic mass is 16.2. The lowest BCUT2D eigenvalue weighted by Gasteiger charge is -2.28. The molecule has 0 aromatic carbocycles. The molecule has 1 rings (SSSR count). The van der Waals surface area contributed by atoms with Crippen molar-refractivity contribution in [2.45, 2.75) is 57.9 Å². The summed E-state index contributed by atoms with van der Waals surface area (Å²) in [5.74, 6) is 0.247. The lowest BCUT2D eigenvalue weighted by atomic mass is 9.87. The van der Waals surface area contributed by atoms with Crippen LogP contribution in [0.2, 0.25) is 0 Å². The molecule has 0 radical (unpaired) electrons. The Labute approximate surface area is 74.7 Å². The summed E-state index contributed by atoms with van der Waals surface area (Å²) in [6.45, 7) is 4.36. The quantitative estimate of drug-likeness (QED) is 0.687. The minimum Gasteiger partial charge on any atom is -0.351 e. The van der Waals surface area contributed by atoms with Crippen LogP contribution < -0.4 is 5.32 Å². The summed E-state index contributed by atoms with van der Waals surface area (Å²) >= 11 is 0. The van der Waals surface area contributed by atoms with Gasteiger partial charge >= 0.3 is 0 Å². The predicted octanol–water partition coefficient (Wildman–Crippen LogP) is 2.24. The Morgan fingerprint density at radius 3 is 2.25 bits per heavy atom.